The van der Waals surface area contributed by atoms with Gasteiger partial charge in [0.25, 0.3) is 0 Å². The van der Waals surface area contributed by atoms with E-state index in [0.29, 0.717) is 6.04 Å². The van der Waals surface area contributed by atoms with Crippen LogP contribution >= 0.6 is 27.3 Å². The van der Waals surface area contributed by atoms with Crippen molar-refractivity contribution in [1.82, 2.24) is 4.90 Å². The minimum Gasteiger partial charge on any atom is -0.388 e. The number of thiophene rings is 1. The maximum Gasteiger partial charge on any atom is 0.0813 e. The summed E-state index contributed by atoms with van der Waals surface area (Å²) >= 11 is 5.30. The van der Waals surface area contributed by atoms with Crippen molar-refractivity contribution in [3.05, 3.63) is 56.7 Å². The highest BCUT2D eigenvalue weighted by molar-refractivity contribution is 9.10. The molecular formula is C17H22BrNOS. The van der Waals surface area contributed by atoms with Crippen molar-refractivity contribution in [3.8, 4) is 0 Å². The molecule has 2 rings (SSSR count). The Morgan fingerprint density at radius 2 is 1.95 bits per heavy atom. The molecule has 1 aromatic heterocycles. The fourth-order valence-electron chi connectivity index (χ4n) is 2.31. The minimum atomic E-state index is -0.426. The average Bonchev–Trinajstić information content (AvgIpc) is 2.96. The second kappa shape index (κ2) is 8.08. The van der Waals surface area contributed by atoms with E-state index in [2.05, 4.69) is 52.2 Å². The summed E-state index contributed by atoms with van der Waals surface area (Å²) in [5, 5.41) is 12.5. The molecule has 21 heavy (non-hydrogen) atoms. The van der Waals surface area contributed by atoms with Crippen LogP contribution in [-0.4, -0.2) is 22.6 Å². The summed E-state index contributed by atoms with van der Waals surface area (Å²) in [5.74, 6) is 0. The molecule has 0 saturated heterocycles. The van der Waals surface area contributed by atoms with Crippen LogP contribution < -0.4 is 0 Å². The lowest BCUT2D eigenvalue weighted by Gasteiger charge is -2.27. The second-order valence-electron chi connectivity index (χ2n) is 5.47. The molecule has 0 spiro atoms. The Kier molecular flexibility index (Phi) is 6.42. The number of aliphatic hydroxyl groups is 1. The molecule has 0 bridgehead atoms. The van der Waals surface area contributed by atoms with E-state index in [1.807, 2.05) is 24.3 Å². The van der Waals surface area contributed by atoms with Gasteiger partial charge in [-0.15, -0.1) is 11.3 Å². The number of aliphatic hydroxyl groups excluding tert-OH is 1. The van der Waals surface area contributed by atoms with Crippen molar-refractivity contribution in [1.29, 1.82) is 0 Å². The van der Waals surface area contributed by atoms with E-state index in [-0.39, 0.29) is 0 Å². The van der Waals surface area contributed by atoms with Gasteiger partial charge in [-0.25, -0.2) is 0 Å². The van der Waals surface area contributed by atoms with E-state index in [1.165, 1.54) is 4.88 Å². The third kappa shape index (κ3) is 4.92. The third-order valence-electron chi connectivity index (χ3n) is 3.62. The molecule has 1 atom stereocenters. The van der Waals surface area contributed by atoms with Gasteiger partial charge in [0.1, 0.15) is 0 Å². The van der Waals surface area contributed by atoms with Gasteiger partial charge in [-0.3, -0.25) is 4.90 Å². The maximum absolute atomic E-state index is 10.4. The zero-order valence-corrected chi connectivity index (χ0v) is 14.9. The molecule has 114 valence electrons. The van der Waals surface area contributed by atoms with E-state index in [0.717, 1.165) is 29.5 Å². The minimum absolute atomic E-state index is 0.426. The van der Waals surface area contributed by atoms with Crippen LogP contribution in [0.2, 0.25) is 0 Å². The fourth-order valence-corrected chi connectivity index (χ4v) is 3.59. The van der Waals surface area contributed by atoms with E-state index in [9.17, 15) is 5.11 Å². The number of nitrogens with zero attached hydrogens (tertiary/aromatic N) is 1. The Bertz CT molecular complexity index is 541. The van der Waals surface area contributed by atoms with Crippen molar-refractivity contribution >= 4 is 27.3 Å². The SMILES string of the molecule is CC(C)N(CCC(O)c1ccccc1Br)Cc1cccs1. The molecule has 0 fully saturated rings. The molecule has 0 aliphatic heterocycles. The van der Waals surface area contributed by atoms with Gasteiger partial charge in [0.05, 0.1) is 6.10 Å². The molecule has 2 nitrogen and oxygen atoms in total. The fraction of sp³-hybridized carbons (Fsp3) is 0.412. The van der Waals surface area contributed by atoms with Crippen LogP contribution in [0.3, 0.4) is 0 Å². The van der Waals surface area contributed by atoms with Gasteiger partial charge in [-0.2, -0.15) is 0 Å². The van der Waals surface area contributed by atoms with Gasteiger partial charge >= 0.3 is 0 Å². The van der Waals surface area contributed by atoms with Gasteiger partial charge in [-0.1, -0.05) is 40.2 Å². The predicted molar refractivity (Wildman–Crippen MR) is 93.6 cm³/mol. The molecule has 1 aromatic carbocycles. The highest BCUT2D eigenvalue weighted by atomic mass is 79.9. The van der Waals surface area contributed by atoms with Crippen LogP contribution in [0, 0.1) is 0 Å². The quantitative estimate of drug-likeness (QED) is 0.756. The lowest BCUT2D eigenvalue weighted by molar-refractivity contribution is 0.127. The predicted octanol–water partition coefficient (Wildman–Crippen LogP) is 4.84. The number of hydrogen-bond donors (Lipinski definition) is 1. The first-order chi connectivity index (χ1) is 10.1. The Hall–Kier alpha value is -0.680. The molecule has 0 aliphatic carbocycles. The number of benzene rings is 1. The molecule has 1 heterocycles. The van der Waals surface area contributed by atoms with Crippen LogP contribution in [0.4, 0.5) is 0 Å². The maximum atomic E-state index is 10.4. The summed E-state index contributed by atoms with van der Waals surface area (Å²) in [6, 6.07) is 12.6. The van der Waals surface area contributed by atoms with Crippen molar-refractivity contribution < 1.29 is 5.11 Å². The lowest BCUT2D eigenvalue weighted by atomic mass is 10.1. The Morgan fingerprint density at radius 3 is 2.57 bits per heavy atom. The highest BCUT2D eigenvalue weighted by Gasteiger charge is 2.15. The summed E-state index contributed by atoms with van der Waals surface area (Å²) in [6.07, 6.45) is 0.316. The average molecular weight is 368 g/mol. The molecule has 1 unspecified atom stereocenters. The van der Waals surface area contributed by atoms with E-state index in [4.69, 9.17) is 0 Å². The van der Waals surface area contributed by atoms with Crippen molar-refractivity contribution in [2.24, 2.45) is 0 Å². The summed E-state index contributed by atoms with van der Waals surface area (Å²) < 4.78 is 0.979. The molecule has 2 aromatic rings. The monoisotopic (exact) mass is 367 g/mol. The summed E-state index contributed by atoms with van der Waals surface area (Å²) in [4.78, 5) is 3.78. The highest BCUT2D eigenvalue weighted by Crippen LogP contribution is 2.26. The van der Waals surface area contributed by atoms with Crippen LogP contribution in [0.25, 0.3) is 0 Å². The number of halogens is 1. The smallest absolute Gasteiger partial charge is 0.0813 e. The van der Waals surface area contributed by atoms with Gasteiger partial charge in [0.15, 0.2) is 0 Å². The Balaban J connectivity index is 1.94. The molecule has 1 N–H and O–H groups in total. The largest absolute Gasteiger partial charge is 0.388 e. The zero-order chi connectivity index (χ0) is 15.2. The molecule has 0 aliphatic rings. The molecule has 0 radical (unpaired) electrons. The van der Waals surface area contributed by atoms with Gasteiger partial charge in [-0.05, 0) is 43.3 Å². The summed E-state index contributed by atoms with van der Waals surface area (Å²) in [6.45, 7) is 6.26. The Labute approximate surface area is 139 Å². The van der Waals surface area contributed by atoms with E-state index < -0.39 is 6.10 Å². The summed E-state index contributed by atoms with van der Waals surface area (Å²) in [5.41, 5.74) is 0.970. The standard InChI is InChI=1S/C17H22BrNOS/c1-13(2)19(12-14-6-5-11-21-14)10-9-17(20)15-7-3-4-8-16(15)18/h3-8,11,13,17,20H,9-10,12H2,1-2H3. The van der Waals surface area contributed by atoms with Crippen molar-refractivity contribution in [2.75, 3.05) is 6.54 Å². The van der Waals surface area contributed by atoms with Crippen LogP contribution in [0.5, 0.6) is 0 Å². The Morgan fingerprint density at radius 1 is 1.19 bits per heavy atom. The van der Waals surface area contributed by atoms with Gasteiger partial charge in [0.2, 0.25) is 0 Å². The normalized spacial score (nSPS) is 13.0. The second-order valence-corrected chi connectivity index (χ2v) is 7.36. The molecule has 4 heteroatoms. The summed E-state index contributed by atoms with van der Waals surface area (Å²) in [7, 11) is 0. The third-order valence-corrected chi connectivity index (χ3v) is 5.21. The molecular weight excluding hydrogens is 346 g/mol. The van der Waals surface area contributed by atoms with Gasteiger partial charge in [0, 0.05) is 28.5 Å². The lowest BCUT2D eigenvalue weighted by Crippen LogP contribution is -2.31. The molecule has 0 amide bonds. The van der Waals surface area contributed by atoms with Crippen LogP contribution in [0.15, 0.2) is 46.3 Å². The van der Waals surface area contributed by atoms with Crippen molar-refractivity contribution in [3.63, 3.8) is 0 Å². The van der Waals surface area contributed by atoms with E-state index >= 15 is 0 Å². The first-order valence-electron chi connectivity index (χ1n) is 7.27. The first kappa shape index (κ1) is 16.7. The molecule has 0 saturated carbocycles. The topological polar surface area (TPSA) is 23.5 Å². The van der Waals surface area contributed by atoms with E-state index in [1.54, 1.807) is 11.3 Å². The zero-order valence-electron chi connectivity index (χ0n) is 12.5. The number of rotatable bonds is 7. The van der Waals surface area contributed by atoms with Crippen LogP contribution in [0.1, 0.15) is 36.8 Å². The van der Waals surface area contributed by atoms with Gasteiger partial charge < -0.3 is 5.11 Å². The van der Waals surface area contributed by atoms with Crippen LogP contribution in [-0.2, 0) is 6.54 Å². The number of hydrogen-bond acceptors (Lipinski definition) is 3. The van der Waals surface area contributed by atoms with Crippen molar-refractivity contribution in [2.45, 2.75) is 39.0 Å². The first-order valence-corrected chi connectivity index (χ1v) is 8.94.